The summed E-state index contributed by atoms with van der Waals surface area (Å²) >= 11 is 5.87. The van der Waals surface area contributed by atoms with Crippen molar-refractivity contribution in [3.63, 3.8) is 0 Å². The predicted octanol–water partition coefficient (Wildman–Crippen LogP) is 2.53. The highest BCUT2D eigenvalue weighted by Crippen LogP contribution is 2.13. The first-order valence-electron chi connectivity index (χ1n) is 3.63. The molecule has 1 heterocycles. The standard InChI is InChI=1S/C9H7ClN2/c10-9-6-7-11-12(9)8-4-2-1-3-5-8/h1-7H. The summed E-state index contributed by atoms with van der Waals surface area (Å²) in [6, 6.07) is 11.5. The lowest BCUT2D eigenvalue weighted by Gasteiger charge is -2.00. The van der Waals surface area contributed by atoms with Gasteiger partial charge in [0, 0.05) is 0 Å². The molecule has 0 bridgehead atoms. The lowest BCUT2D eigenvalue weighted by Crippen LogP contribution is -1.94. The van der Waals surface area contributed by atoms with Crippen LogP contribution in [0.15, 0.2) is 42.6 Å². The van der Waals surface area contributed by atoms with Crippen LogP contribution < -0.4 is 0 Å². The van der Waals surface area contributed by atoms with Crippen molar-refractivity contribution in [2.45, 2.75) is 0 Å². The second-order valence-corrected chi connectivity index (χ2v) is 2.79. The molecule has 1 aromatic heterocycles. The topological polar surface area (TPSA) is 17.8 Å². The van der Waals surface area contributed by atoms with E-state index in [1.807, 2.05) is 30.3 Å². The highest BCUT2D eigenvalue weighted by molar-refractivity contribution is 6.29. The van der Waals surface area contributed by atoms with Gasteiger partial charge in [-0.25, -0.2) is 4.68 Å². The van der Waals surface area contributed by atoms with Crippen LogP contribution in [0.25, 0.3) is 5.69 Å². The Hall–Kier alpha value is -1.28. The summed E-state index contributed by atoms with van der Waals surface area (Å²) in [7, 11) is 0. The van der Waals surface area contributed by atoms with Gasteiger partial charge in [-0.15, -0.1) is 0 Å². The molecule has 0 spiro atoms. The Balaban J connectivity index is 2.51. The Labute approximate surface area is 75.4 Å². The molecule has 0 saturated carbocycles. The quantitative estimate of drug-likeness (QED) is 0.656. The van der Waals surface area contributed by atoms with Crippen molar-refractivity contribution in [3.8, 4) is 5.69 Å². The Morgan fingerprint density at radius 2 is 1.83 bits per heavy atom. The van der Waals surface area contributed by atoms with E-state index >= 15 is 0 Å². The molecule has 2 nitrogen and oxygen atoms in total. The zero-order valence-electron chi connectivity index (χ0n) is 6.31. The van der Waals surface area contributed by atoms with Gasteiger partial charge in [-0.1, -0.05) is 29.8 Å². The molecule has 1 aromatic carbocycles. The van der Waals surface area contributed by atoms with E-state index in [4.69, 9.17) is 11.6 Å². The molecule has 0 saturated heterocycles. The zero-order chi connectivity index (χ0) is 8.39. The number of rotatable bonds is 1. The molecule has 0 amide bonds. The molecule has 0 unspecified atom stereocenters. The van der Waals surface area contributed by atoms with E-state index < -0.39 is 0 Å². The van der Waals surface area contributed by atoms with Gasteiger partial charge in [0.1, 0.15) is 5.15 Å². The number of nitrogens with zero attached hydrogens (tertiary/aromatic N) is 2. The SMILES string of the molecule is Clc1ccnn1-c1ccccc1. The van der Waals surface area contributed by atoms with Crippen LogP contribution >= 0.6 is 11.6 Å². The van der Waals surface area contributed by atoms with Crippen molar-refractivity contribution in [2.75, 3.05) is 0 Å². The third-order valence-electron chi connectivity index (χ3n) is 1.60. The van der Waals surface area contributed by atoms with E-state index in [1.165, 1.54) is 0 Å². The Bertz CT molecular complexity index is 367. The van der Waals surface area contributed by atoms with E-state index in [0.717, 1.165) is 5.69 Å². The molecule has 0 aliphatic rings. The van der Waals surface area contributed by atoms with Gasteiger partial charge >= 0.3 is 0 Å². The van der Waals surface area contributed by atoms with Gasteiger partial charge < -0.3 is 0 Å². The zero-order valence-corrected chi connectivity index (χ0v) is 7.07. The van der Waals surface area contributed by atoms with Crippen LogP contribution in [0.2, 0.25) is 5.15 Å². The fourth-order valence-electron chi connectivity index (χ4n) is 1.05. The molecule has 3 heteroatoms. The van der Waals surface area contributed by atoms with Crippen LogP contribution in [0.3, 0.4) is 0 Å². The highest BCUT2D eigenvalue weighted by atomic mass is 35.5. The molecular weight excluding hydrogens is 172 g/mol. The fourth-order valence-corrected chi connectivity index (χ4v) is 1.24. The van der Waals surface area contributed by atoms with Gasteiger partial charge in [-0.3, -0.25) is 0 Å². The second kappa shape index (κ2) is 2.99. The average Bonchev–Trinajstić information content (AvgIpc) is 2.53. The Morgan fingerprint density at radius 1 is 1.08 bits per heavy atom. The van der Waals surface area contributed by atoms with Gasteiger partial charge in [-0.05, 0) is 18.2 Å². The van der Waals surface area contributed by atoms with E-state index in [-0.39, 0.29) is 0 Å². The van der Waals surface area contributed by atoms with Crippen LogP contribution in [0.4, 0.5) is 0 Å². The fraction of sp³-hybridized carbons (Fsp3) is 0. The van der Waals surface area contributed by atoms with E-state index in [0.29, 0.717) is 5.15 Å². The molecule has 0 atom stereocenters. The summed E-state index contributed by atoms with van der Waals surface area (Å²) in [5, 5.41) is 4.70. The van der Waals surface area contributed by atoms with Crippen molar-refractivity contribution >= 4 is 11.6 Å². The molecule has 0 aliphatic carbocycles. The van der Waals surface area contributed by atoms with Gasteiger partial charge in [0.25, 0.3) is 0 Å². The highest BCUT2D eigenvalue weighted by Gasteiger charge is 1.99. The monoisotopic (exact) mass is 178 g/mol. The van der Waals surface area contributed by atoms with Crippen molar-refractivity contribution in [2.24, 2.45) is 0 Å². The van der Waals surface area contributed by atoms with Crippen LogP contribution in [0.1, 0.15) is 0 Å². The minimum atomic E-state index is 0.626. The Kier molecular flexibility index (Phi) is 1.84. The minimum absolute atomic E-state index is 0.626. The molecule has 12 heavy (non-hydrogen) atoms. The number of aromatic nitrogens is 2. The number of benzene rings is 1. The number of hydrogen-bond acceptors (Lipinski definition) is 1. The van der Waals surface area contributed by atoms with Gasteiger partial charge in [0.05, 0.1) is 11.9 Å². The van der Waals surface area contributed by atoms with Gasteiger partial charge in [-0.2, -0.15) is 5.10 Å². The maximum Gasteiger partial charge on any atom is 0.132 e. The first kappa shape index (κ1) is 7.37. The average molecular weight is 179 g/mol. The van der Waals surface area contributed by atoms with E-state index in [2.05, 4.69) is 5.10 Å². The van der Waals surface area contributed by atoms with Gasteiger partial charge in [0.2, 0.25) is 0 Å². The maximum atomic E-state index is 5.87. The summed E-state index contributed by atoms with van der Waals surface area (Å²) in [6.07, 6.45) is 1.68. The largest absolute Gasteiger partial charge is 0.222 e. The summed E-state index contributed by atoms with van der Waals surface area (Å²) < 4.78 is 1.68. The first-order chi connectivity index (χ1) is 5.88. The number of halogens is 1. The van der Waals surface area contributed by atoms with Crippen LogP contribution in [-0.4, -0.2) is 9.78 Å². The van der Waals surface area contributed by atoms with Crippen molar-refractivity contribution in [1.29, 1.82) is 0 Å². The number of para-hydroxylation sites is 1. The van der Waals surface area contributed by atoms with Gasteiger partial charge in [0.15, 0.2) is 0 Å². The van der Waals surface area contributed by atoms with Crippen LogP contribution in [-0.2, 0) is 0 Å². The molecule has 60 valence electrons. The smallest absolute Gasteiger partial charge is 0.132 e. The Morgan fingerprint density at radius 3 is 2.42 bits per heavy atom. The normalized spacial score (nSPS) is 10.1. The predicted molar refractivity (Wildman–Crippen MR) is 48.6 cm³/mol. The second-order valence-electron chi connectivity index (χ2n) is 2.40. The van der Waals surface area contributed by atoms with E-state index in [1.54, 1.807) is 16.9 Å². The first-order valence-corrected chi connectivity index (χ1v) is 4.01. The molecular formula is C9H7ClN2. The molecule has 0 radical (unpaired) electrons. The maximum absolute atomic E-state index is 5.87. The molecule has 0 aliphatic heterocycles. The molecule has 2 rings (SSSR count). The summed E-state index contributed by atoms with van der Waals surface area (Å²) in [6.45, 7) is 0. The lowest BCUT2D eigenvalue weighted by molar-refractivity contribution is 0.881. The van der Waals surface area contributed by atoms with Crippen molar-refractivity contribution in [1.82, 2.24) is 9.78 Å². The third-order valence-corrected chi connectivity index (χ3v) is 1.88. The molecule has 0 fully saturated rings. The third kappa shape index (κ3) is 1.21. The summed E-state index contributed by atoms with van der Waals surface area (Å²) in [5.74, 6) is 0. The van der Waals surface area contributed by atoms with E-state index in [9.17, 15) is 0 Å². The number of hydrogen-bond donors (Lipinski definition) is 0. The lowest BCUT2D eigenvalue weighted by atomic mass is 10.3. The minimum Gasteiger partial charge on any atom is -0.222 e. The van der Waals surface area contributed by atoms with Crippen LogP contribution in [0, 0.1) is 0 Å². The summed E-state index contributed by atoms with van der Waals surface area (Å²) in [4.78, 5) is 0. The molecule has 0 N–H and O–H groups in total. The van der Waals surface area contributed by atoms with Crippen molar-refractivity contribution in [3.05, 3.63) is 47.7 Å². The summed E-state index contributed by atoms with van der Waals surface area (Å²) in [5.41, 5.74) is 0.979. The van der Waals surface area contributed by atoms with Crippen LogP contribution in [0.5, 0.6) is 0 Å². The molecule has 2 aromatic rings. The van der Waals surface area contributed by atoms with Crippen molar-refractivity contribution < 1.29 is 0 Å².